The Labute approximate surface area is 162 Å². The third-order valence-electron chi connectivity index (χ3n) is 5.45. The normalized spacial score (nSPS) is 15.1. The summed E-state index contributed by atoms with van der Waals surface area (Å²) in [5, 5.41) is 0.677. The number of aromatic amines is 1. The monoisotopic (exact) mass is 380 g/mol. The van der Waals surface area contributed by atoms with Gasteiger partial charge in [0.05, 0.1) is 5.56 Å². The number of aromatic nitrogens is 4. The quantitative estimate of drug-likeness (QED) is 0.744. The first-order valence-corrected chi connectivity index (χ1v) is 9.48. The molecule has 8 nitrogen and oxygen atoms in total. The number of aryl methyl sites for hydroxylation is 1. The van der Waals surface area contributed by atoms with Crippen LogP contribution in [0.3, 0.4) is 0 Å². The van der Waals surface area contributed by atoms with Gasteiger partial charge in [-0.3, -0.25) is 9.59 Å². The third-order valence-corrected chi connectivity index (χ3v) is 5.45. The van der Waals surface area contributed by atoms with Crippen LogP contribution in [0.4, 0.5) is 5.95 Å². The largest absolute Gasteiger partial charge is 0.357 e. The molecule has 0 aliphatic carbocycles. The van der Waals surface area contributed by atoms with E-state index in [-0.39, 0.29) is 11.5 Å². The fourth-order valence-corrected chi connectivity index (χ4v) is 3.89. The standard InChI is InChI=1S/C20H24N6O2/c1-24(12-14-5-10-26(11-6-14)20-22-7-3-8-23-20)18(27)16-13-25(2)19(28)17-15(16)4-9-21-17/h3-4,7-9,13-14,21H,5-6,10-12H2,1-2H3. The highest BCUT2D eigenvalue weighted by atomic mass is 16.2. The van der Waals surface area contributed by atoms with Crippen LogP contribution in [0.15, 0.2) is 41.7 Å². The van der Waals surface area contributed by atoms with Crippen LogP contribution in [0.25, 0.3) is 10.9 Å². The Hall–Kier alpha value is -3.16. The SMILES string of the molecule is CN(CC1CCN(c2ncccn2)CC1)C(=O)c1cn(C)c(=O)c2[nH]ccc12. The minimum Gasteiger partial charge on any atom is -0.357 e. The Bertz CT molecular complexity index is 1030. The first-order chi connectivity index (χ1) is 13.5. The maximum absolute atomic E-state index is 13.0. The number of pyridine rings is 1. The van der Waals surface area contributed by atoms with Crippen LogP contribution in [-0.2, 0) is 7.05 Å². The van der Waals surface area contributed by atoms with Gasteiger partial charge in [0.15, 0.2) is 0 Å². The van der Waals surface area contributed by atoms with Gasteiger partial charge in [-0.05, 0) is 30.9 Å². The highest BCUT2D eigenvalue weighted by molar-refractivity contribution is 6.05. The van der Waals surface area contributed by atoms with Crippen molar-refractivity contribution in [3.8, 4) is 0 Å². The topological polar surface area (TPSA) is 87.1 Å². The summed E-state index contributed by atoms with van der Waals surface area (Å²) in [4.78, 5) is 40.8. The van der Waals surface area contributed by atoms with Gasteiger partial charge in [-0.1, -0.05) is 0 Å². The molecule has 1 N–H and O–H groups in total. The van der Waals surface area contributed by atoms with Crippen molar-refractivity contribution in [1.29, 1.82) is 0 Å². The summed E-state index contributed by atoms with van der Waals surface area (Å²) in [6.45, 7) is 2.47. The lowest BCUT2D eigenvalue weighted by Gasteiger charge is -2.33. The second-order valence-electron chi connectivity index (χ2n) is 7.39. The van der Waals surface area contributed by atoms with E-state index in [4.69, 9.17) is 0 Å². The summed E-state index contributed by atoms with van der Waals surface area (Å²) in [6.07, 6.45) is 8.83. The molecular formula is C20H24N6O2. The van der Waals surface area contributed by atoms with Gasteiger partial charge in [0, 0.05) is 63.9 Å². The van der Waals surface area contributed by atoms with Gasteiger partial charge in [-0.25, -0.2) is 9.97 Å². The van der Waals surface area contributed by atoms with E-state index < -0.39 is 0 Å². The van der Waals surface area contributed by atoms with Crippen molar-refractivity contribution in [3.63, 3.8) is 0 Å². The van der Waals surface area contributed by atoms with Gasteiger partial charge in [-0.2, -0.15) is 0 Å². The summed E-state index contributed by atoms with van der Waals surface area (Å²) in [7, 11) is 3.50. The first-order valence-electron chi connectivity index (χ1n) is 9.48. The summed E-state index contributed by atoms with van der Waals surface area (Å²) < 4.78 is 1.46. The number of nitrogens with zero attached hydrogens (tertiary/aromatic N) is 5. The Morgan fingerprint density at radius 2 is 2.00 bits per heavy atom. The molecule has 1 amide bonds. The number of piperidine rings is 1. The Morgan fingerprint density at radius 3 is 2.71 bits per heavy atom. The van der Waals surface area contributed by atoms with Crippen LogP contribution in [0, 0.1) is 5.92 Å². The van der Waals surface area contributed by atoms with Crippen molar-refractivity contribution >= 4 is 22.8 Å². The average molecular weight is 380 g/mol. The van der Waals surface area contributed by atoms with E-state index in [2.05, 4.69) is 19.9 Å². The number of anilines is 1. The lowest BCUT2D eigenvalue weighted by Crippen LogP contribution is -2.40. The number of nitrogens with one attached hydrogen (secondary N) is 1. The van der Waals surface area contributed by atoms with Gasteiger partial charge < -0.3 is 19.4 Å². The number of carbonyl (C=O) groups excluding carboxylic acids is 1. The van der Waals surface area contributed by atoms with Crippen LogP contribution in [0.5, 0.6) is 0 Å². The maximum atomic E-state index is 13.0. The molecule has 0 aromatic carbocycles. The van der Waals surface area contributed by atoms with Crippen molar-refractivity contribution in [2.24, 2.45) is 13.0 Å². The minimum absolute atomic E-state index is 0.0611. The molecule has 28 heavy (non-hydrogen) atoms. The minimum atomic E-state index is -0.130. The van der Waals surface area contributed by atoms with E-state index in [0.29, 0.717) is 28.9 Å². The fraction of sp³-hybridized carbons (Fsp3) is 0.400. The zero-order valence-electron chi connectivity index (χ0n) is 16.1. The van der Waals surface area contributed by atoms with Gasteiger partial charge in [0.25, 0.3) is 11.5 Å². The fourth-order valence-electron chi connectivity index (χ4n) is 3.89. The molecule has 1 saturated heterocycles. The van der Waals surface area contributed by atoms with Crippen LogP contribution < -0.4 is 10.5 Å². The highest BCUT2D eigenvalue weighted by Crippen LogP contribution is 2.22. The second kappa shape index (κ2) is 7.46. The third kappa shape index (κ3) is 3.37. The predicted molar refractivity (Wildman–Crippen MR) is 107 cm³/mol. The molecule has 0 bridgehead atoms. The van der Waals surface area contributed by atoms with Crippen molar-refractivity contribution in [2.75, 3.05) is 31.6 Å². The summed E-state index contributed by atoms with van der Waals surface area (Å²) in [5.41, 5.74) is 0.892. The van der Waals surface area contributed by atoms with E-state index in [0.717, 1.165) is 31.9 Å². The van der Waals surface area contributed by atoms with Crippen LogP contribution >= 0.6 is 0 Å². The molecule has 4 rings (SSSR count). The number of H-pyrrole nitrogens is 1. The molecule has 0 radical (unpaired) electrons. The number of carbonyl (C=O) groups is 1. The van der Waals surface area contributed by atoms with Crippen LogP contribution in [0.1, 0.15) is 23.2 Å². The lowest BCUT2D eigenvalue weighted by atomic mass is 9.96. The molecule has 0 saturated carbocycles. The summed E-state index contributed by atoms with van der Waals surface area (Å²) in [5.74, 6) is 1.14. The van der Waals surface area contributed by atoms with E-state index in [1.165, 1.54) is 4.57 Å². The molecule has 8 heteroatoms. The lowest BCUT2D eigenvalue weighted by molar-refractivity contribution is 0.0766. The van der Waals surface area contributed by atoms with E-state index in [1.54, 1.807) is 42.8 Å². The number of rotatable bonds is 4. The molecule has 1 fully saturated rings. The van der Waals surface area contributed by atoms with Crippen molar-refractivity contribution in [2.45, 2.75) is 12.8 Å². The van der Waals surface area contributed by atoms with E-state index >= 15 is 0 Å². The van der Waals surface area contributed by atoms with Crippen molar-refractivity contribution in [3.05, 3.63) is 52.8 Å². The second-order valence-corrected chi connectivity index (χ2v) is 7.39. The first kappa shape index (κ1) is 18.2. The maximum Gasteiger partial charge on any atom is 0.274 e. The highest BCUT2D eigenvalue weighted by Gasteiger charge is 2.25. The van der Waals surface area contributed by atoms with Gasteiger partial charge in [0.2, 0.25) is 5.95 Å². The van der Waals surface area contributed by atoms with Crippen LogP contribution in [0.2, 0.25) is 0 Å². The zero-order chi connectivity index (χ0) is 19.7. The summed E-state index contributed by atoms with van der Waals surface area (Å²) >= 11 is 0. The number of amides is 1. The Morgan fingerprint density at radius 1 is 1.29 bits per heavy atom. The summed E-state index contributed by atoms with van der Waals surface area (Å²) in [6, 6.07) is 3.60. The molecule has 0 atom stereocenters. The molecule has 1 aliphatic heterocycles. The van der Waals surface area contributed by atoms with Crippen LogP contribution in [-0.4, -0.2) is 57.0 Å². The average Bonchev–Trinajstić information content (AvgIpc) is 3.21. The van der Waals surface area contributed by atoms with Gasteiger partial charge >= 0.3 is 0 Å². The molecule has 0 unspecified atom stereocenters. The molecule has 4 heterocycles. The molecule has 3 aromatic rings. The zero-order valence-corrected chi connectivity index (χ0v) is 16.1. The number of hydrogen-bond donors (Lipinski definition) is 1. The number of hydrogen-bond acceptors (Lipinski definition) is 5. The van der Waals surface area contributed by atoms with Gasteiger partial charge in [0.1, 0.15) is 5.52 Å². The van der Waals surface area contributed by atoms with Gasteiger partial charge in [-0.15, -0.1) is 0 Å². The van der Waals surface area contributed by atoms with E-state index in [9.17, 15) is 9.59 Å². The molecule has 146 valence electrons. The number of fused-ring (bicyclic) bond motifs is 1. The molecule has 0 spiro atoms. The predicted octanol–water partition coefficient (Wildman–Crippen LogP) is 1.65. The molecule has 3 aromatic heterocycles. The Kier molecular flexibility index (Phi) is 4.85. The van der Waals surface area contributed by atoms with Crippen molar-refractivity contribution in [1.82, 2.24) is 24.4 Å². The molecule has 1 aliphatic rings. The van der Waals surface area contributed by atoms with E-state index in [1.807, 2.05) is 13.1 Å². The Balaban J connectivity index is 1.43. The smallest absolute Gasteiger partial charge is 0.274 e. The molecular weight excluding hydrogens is 356 g/mol. The van der Waals surface area contributed by atoms with Crippen molar-refractivity contribution < 1.29 is 4.79 Å².